The van der Waals surface area contributed by atoms with Gasteiger partial charge >= 0.3 is 0 Å². The summed E-state index contributed by atoms with van der Waals surface area (Å²) in [6.07, 6.45) is 0. The van der Waals surface area contributed by atoms with E-state index in [4.69, 9.17) is 22.7 Å². The number of methoxy groups -OCH3 is 1. The lowest BCUT2D eigenvalue weighted by Crippen LogP contribution is -2.06. The molecule has 0 aliphatic carbocycles. The predicted octanol–water partition coefficient (Wildman–Crippen LogP) is 1.40. The second-order valence-corrected chi connectivity index (χ2v) is 3.57. The number of aromatic nitrogens is 3. The van der Waals surface area contributed by atoms with Crippen LogP contribution in [0.2, 0.25) is 0 Å². The molecule has 0 aliphatic heterocycles. The summed E-state index contributed by atoms with van der Waals surface area (Å²) in [5.74, 6) is 1.50. The minimum absolute atomic E-state index is 0.333. The van der Waals surface area contributed by atoms with Crippen LogP contribution >= 0.6 is 12.2 Å². The van der Waals surface area contributed by atoms with Crippen LogP contribution in [0.4, 0.5) is 0 Å². The van der Waals surface area contributed by atoms with Gasteiger partial charge in [-0.05, 0) is 36.5 Å². The van der Waals surface area contributed by atoms with Gasteiger partial charge in [-0.3, -0.25) is 9.67 Å². The van der Waals surface area contributed by atoms with Gasteiger partial charge in [-0.2, -0.15) is 5.10 Å². The molecule has 0 spiro atoms. The highest BCUT2D eigenvalue weighted by atomic mass is 32.1. The second-order valence-electron chi connectivity index (χ2n) is 3.18. The van der Waals surface area contributed by atoms with E-state index in [0.717, 1.165) is 11.4 Å². The Balaban J connectivity index is 2.49. The summed E-state index contributed by atoms with van der Waals surface area (Å²) < 4.78 is 7.42. The highest BCUT2D eigenvalue weighted by molar-refractivity contribution is 7.71. The smallest absolute Gasteiger partial charge is 0.199 e. The second kappa shape index (κ2) is 4.46. The molecule has 1 aromatic heterocycles. The Morgan fingerprint density at radius 2 is 2.12 bits per heavy atom. The maximum Gasteiger partial charge on any atom is 0.199 e. The molecule has 0 unspecified atom stereocenters. The van der Waals surface area contributed by atoms with E-state index in [9.17, 15) is 0 Å². The van der Waals surface area contributed by atoms with E-state index in [1.165, 1.54) is 0 Å². The zero-order valence-electron chi connectivity index (χ0n) is 8.80. The first-order valence-corrected chi connectivity index (χ1v) is 5.18. The SMILES string of the molecule is COc1ccc(-n2c(CN)n[nH]c2=S)cc1. The predicted molar refractivity (Wildman–Crippen MR) is 63.2 cm³/mol. The Bertz CT molecular complexity index is 528. The molecular weight excluding hydrogens is 224 g/mol. The van der Waals surface area contributed by atoms with Gasteiger partial charge in [0.2, 0.25) is 0 Å². The first-order valence-electron chi connectivity index (χ1n) is 4.77. The van der Waals surface area contributed by atoms with Crippen molar-refractivity contribution >= 4 is 12.2 Å². The maximum absolute atomic E-state index is 5.58. The topological polar surface area (TPSA) is 68.9 Å². The van der Waals surface area contributed by atoms with Gasteiger partial charge in [-0.25, -0.2) is 0 Å². The number of hydrogen-bond acceptors (Lipinski definition) is 4. The fourth-order valence-corrected chi connectivity index (χ4v) is 1.72. The molecule has 5 nitrogen and oxygen atoms in total. The van der Waals surface area contributed by atoms with Crippen LogP contribution in [-0.2, 0) is 6.54 Å². The molecule has 2 aromatic rings. The van der Waals surface area contributed by atoms with Crippen LogP contribution in [-0.4, -0.2) is 21.9 Å². The van der Waals surface area contributed by atoms with Gasteiger partial charge in [0.25, 0.3) is 0 Å². The summed E-state index contributed by atoms with van der Waals surface area (Å²) in [6.45, 7) is 0.333. The van der Waals surface area contributed by atoms with Crippen molar-refractivity contribution in [1.29, 1.82) is 0 Å². The van der Waals surface area contributed by atoms with E-state index in [2.05, 4.69) is 10.2 Å². The average molecular weight is 236 g/mol. The van der Waals surface area contributed by atoms with Gasteiger partial charge in [0.1, 0.15) is 11.6 Å². The van der Waals surface area contributed by atoms with Gasteiger partial charge in [-0.1, -0.05) is 0 Å². The third-order valence-electron chi connectivity index (χ3n) is 2.26. The number of nitrogens with one attached hydrogen (secondary N) is 1. The van der Waals surface area contributed by atoms with Crippen molar-refractivity contribution in [3.8, 4) is 11.4 Å². The first kappa shape index (κ1) is 10.8. The van der Waals surface area contributed by atoms with Crippen molar-refractivity contribution in [2.75, 3.05) is 7.11 Å². The number of nitrogens with zero attached hydrogens (tertiary/aromatic N) is 2. The van der Waals surface area contributed by atoms with Gasteiger partial charge in [-0.15, -0.1) is 0 Å². The molecule has 0 radical (unpaired) electrons. The zero-order valence-corrected chi connectivity index (χ0v) is 9.62. The molecule has 0 saturated carbocycles. The summed E-state index contributed by atoms with van der Waals surface area (Å²) in [7, 11) is 1.63. The van der Waals surface area contributed by atoms with Crippen molar-refractivity contribution in [3.05, 3.63) is 34.9 Å². The summed E-state index contributed by atoms with van der Waals surface area (Å²) in [4.78, 5) is 0. The number of nitrogens with two attached hydrogens (primary N) is 1. The number of ether oxygens (including phenoxy) is 1. The molecule has 1 heterocycles. The van der Waals surface area contributed by atoms with Crippen LogP contribution in [0.5, 0.6) is 5.75 Å². The van der Waals surface area contributed by atoms with E-state index in [1.807, 2.05) is 24.3 Å². The number of hydrogen-bond donors (Lipinski definition) is 2. The van der Waals surface area contributed by atoms with Gasteiger partial charge in [0.05, 0.1) is 13.7 Å². The van der Waals surface area contributed by atoms with Crippen LogP contribution in [0.25, 0.3) is 5.69 Å². The molecule has 6 heteroatoms. The molecule has 0 aliphatic rings. The minimum Gasteiger partial charge on any atom is -0.497 e. The van der Waals surface area contributed by atoms with Crippen LogP contribution in [0.3, 0.4) is 0 Å². The lowest BCUT2D eigenvalue weighted by molar-refractivity contribution is 0.414. The fourth-order valence-electron chi connectivity index (χ4n) is 1.46. The highest BCUT2D eigenvalue weighted by Gasteiger charge is 2.06. The molecule has 0 bridgehead atoms. The van der Waals surface area contributed by atoms with Crippen LogP contribution in [0, 0.1) is 4.77 Å². The largest absolute Gasteiger partial charge is 0.497 e. The Morgan fingerprint density at radius 3 is 2.69 bits per heavy atom. The number of benzene rings is 1. The third kappa shape index (κ3) is 1.84. The summed E-state index contributed by atoms with van der Waals surface area (Å²) in [5.41, 5.74) is 6.50. The molecule has 1 aromatic carbocycles. The number of aromatic amines is 1. The Labute approximate surface area is 97.9 Å². The minimum atomic E-state index is 0.333. The van der Waals surface area contributed by atoms with Crippen molar-refractivity contribution in [3.63, 3.8) is 0 Å². The quantitative estimate of drug-likeness (QED) is 0.790. The standard InChI is InChI=1S/C10H12N4OS/c1-15-8-4-2-7(3-5-8)14-9(6-11)12-13-10(14)16/h2-5H,6,11H2,1H3,(H,13,16). The maximum atomic E-state index is 5.58. The number of rotatable bonds is 3. The molecule has 0 saturated heterocycles. The fraction of sp³-hybridized carbons (Fsp3) is 0.200. The number of H-pyrrole nitrogens is 1. The molecule has 2 rings (SSSR count). The van der Waals surface area contributed by atoms with Crippen molar-refractivity contribution in [1.82, 2.24) is 14.8 Å². The van der Waals surface area contributed by atoms with Crippen molar-refractivity contribution < 1.29 is 4.74 Å². The van der Waals surface area contributed by atoms with Crippen LogP contribution in [0.15, 0.2) is 24.3 Å². The molecule has 0 atom stereocenters. The molecule has 3 N–H and O–H groups in total. The average Bonchev–Trinajstić information content (AvgIpc) is 2.70. The van der Waals surface area contributed by atoms with Gasteiger partial charge in [0.15, 0.2) is 4.77 Å². The molecular formula is C10H12N4OS. The Hall–Kier alpha value is -1.66. The summed E-state index contributed by atoms with van der Waals surface area (Å²) in [6, 6.07) is 7.54. The lowest BCUT2D eigenvalue weighted by Gasteiger charge is -2.06. The first-order chi connectivity index (χ1) is 7.76. The van der Waals surface area contributed by atoms with E-state index < -0.39 is 0 Å². The summed E-state index contributed by atoms with van der Waals surface area (Å²) >= 11 is 5.14. The van der Waals surface area contributed by atoms with Crippen LogP contribution in [0.1, 0.15) is 5.82 Å². The van der Waals surface area contributed by atoms with Crippen LogP contribution < -0.4 is 10.5 Å². The molecule has 84 valence electrons. The van der Waals surface area contributed by atoms with E-state index in [-0.39, 0.29) is 0 Å². The lowest BCUT2D eigenvalue weighted by atomic mass is 10.3. The summed E-state index contributed by atoms with van der Waals surface area (Å²) in [5, 5.41) is 6.76. The van der Waals surface area contributed by atoms with Crippen molar-refractivity contribution in [2.24, 2.45) is 5.73 Å². The zero-order chi connectivity index (χ0) is 11.5. The van der Waals surface area contributed by atoms with E-state index >= 15 is 0 Å². The highest BCUT2D eigenvalue weighted by Crippen LogP contribution is 2.16. The Kier molecular flexibility index (Phi) is 3.02. The van der Waals surface area contributed by atoms with Gasteiger partial charge in [0, 0.05) is 5.69 Å². The third-order valence-corrected chi connectivity index (χ3v) is 2.53. The van der Waals surface area contributed by atoms with E-state index in [0.29, 0.717) is 17.1 Å². The van der Waals surface area contributed by atoms with Crippen molar-refractivity contribution in [2.45, 2.75) is 6.54 Å². The molecule has 16 heavy (non-hydrogen) atoms. The van der Waals surface area contributed by atoms with E-state index in [1.54, 1.807) is 11.7 Å². The molecule has 0 amide bonds. The molecule has 0 fully saturated rings. The monoisotopic (exact) mass is 236 g/mol. The van der Waals surface area contributed by atoms with Gasteiger partial charge < -0.3 is 10.5 Å². The Morgan fingerprint density at radius 1 is 1.44 bits per heavy atom. The normalized spacial score (nSPS) is 10.4.